The van der Waals surface area contributed by atoms with E-state index in [9.17, 15) is 14.6 Å². The normalized spacial score (nSPS) is 13.9. The minimum atomic E-state index is -0.589. The number of phenols is 1. The van der Waals surface area contributed by atoms with Gasteiger partial charge in [-0.15, -0.1) is 0 Å². The number of nitrogens with two attached hydrogens (primary N) is 1. The quantitative estimate of drug-likeness (QED) is 0.801. The van der Waals surface area contributed by atoms with Crippen molar-refractivity contribution in [3.05, 3.63) is 28.0 Å². The Hall–Kier alpha value is -0.650. The number of aromatic hydroxyl groups is 1. The van der Waals surface area contributed by atoms with Gasteiger partial charge < -0.3 is 15.9 Å². The summed E-state index contributed by atoms with van der Waals surface area (Å²) in [6.07, 6.45) is 0. The van der Waals surface area contributed by atoms with Crippen LogP contribution in [0.25, 0.3) is 0 Å². The van der Waals surface area contributed by atoms with Crippen LogP contribution in [-0.4, -0.2) is 16.8 Å². The standard InChI is InChI=1S/C11H15BrFNO2/c1-11(2,5-15)10(14)6-3-4-7(13)8(12)9(6)16/h3-4,10,15-16H,5,14H2,1-2H3/t10-/m1/s1. The third-order valence-corrected chi connectivity index (χ3v) is 3.44. The first-order chi connectivity index (χ1) is 7.31. The highest BCUT2D eigenvalue weighted by Gasteiger charge is 2.29. The Bertz CT molecular complexity index is 396. The van der Waals surface area contributed by atoms with Crippen molar-refractivity contribution in [1.82, 2.24) is 0 Å². The Morgan fingerprint density at radius 2 is 2.06 bits per heavy atom. The summed E-state index contributed by atoms with van der Waals surface area (Å²) >= 11 is 2.94. The van der Waals surface area contributed by atoms with Gasteiger partial charge in [0.25, 0.3) is 0 Å². The molecule has 0 fully saturated rings. The molecule has 0 aliphatic carbocycles. The van der Waals surface area contributed by atoms with Crippen LogP contribution in [0.5, 0.6) is 5.75 Å². The molecule has 0 unspecified atom stereocenters. The molecule has 0 bridgehead atoms. The van der Waals surface area contributed by atoms with Crippen LogP contribution >= 0.6 is 15.9 Å². The van der Waals surface area contributed by atoms with E-state index in [1.807, 2.05) is 0 Å². The molecular weight excluding hydrogens is 277 g/mol. The van der Waals surface area contributed by atoms with Crippen molar-refractivity contribution in [1.29, 1.82) is 0 Å². The maximum atomic E-state index is 13.1. The van der Waals surface area contributed by atoms with Crippen molar-refractivity contribution < 1.29 is 14.6 Å². The third-order valence-electron chi connectivity index (χ3n) is 2.68. The Kier molecular flexibility index (Phi) is 3.93. The highest BCUT2D eigenvalue weighted by Crippen LogP contribution is 2.39. The van der Waals surface area contributed by atoms with Gasteiger partial charge in [0.15, 0.2) is 0 Å². The van der Waals surface area contributed by atoms with Gasteiger partial charge in [-0.05, 0) is 22.0 Å². The van der Waals surface area contributed by atoms with E-state index >= 15 is 0 Å². The number of aliphatic hydroxyl groups is 1. The number of hydrogen-bond acceptors (Lipinski definition) is 3. The maximum absolute atomic E-state index is 13.1. The molecule has 0 amide bonds. The van der Waals surface area contributed by atoms with Crippen LogP contribution in [0.1, 0.15) is 25.5 Å². The van der Waals surface area contributed by atoms with Crippen LogP contribution in [0.15, 0.2) is 16.6 Å². The first kappa shape index (κ1) is 13.4. The highest BCUT2D eigenvalue weighted by molar-refractivity contribution is 9.10. The van der Waals surface area contributed by atoms with Crippen molar-refractivity contribution in [2.45, 2.75) is 19.9 Å². The summed E-state index contributed by atoms with van der Waals surface area (Å²) in [5.74, 6) is -0.760. The summed E-state index contributed by atoms with van der Waals surface area (Å²) in [5.41, 5.74) is 5.76. The number of hydrogen-bond donors (Lipinski definition) is 3. The first-order valence-corrected chi connectivity index (χ1v) is 5.64. The van der Waals surface area contributed by atoms with Crippen molar-refractivity contribution in [3.8, 4) is 5.75 Å². The summed E-state index contributed by atoms with van der Waals surface area (Å²) in [4.78, 5) is 0. The van der Waals surface area contributed by atoms with Gasteiger partial charge in [-0.2, -0.15) is 0 Å². The Balaban J connectivity index is 3.20. The predicted molar refractivity (Wildman–Crippen MR) is 63.6 cm³/mol. The molecule has 1 atom stereocenters. The number of rotatable bonds is 3. The molecule has 0 saturated carbocycles. The van der Waals surface area contributed by atoms with Gasteiger partial charge in [-0.25, -0.2) is 4.39 Å². The summed E-state index contributed by atoms with van der Waals surface area (Å²) in [7, 11) is 0. The number of aliphatic hydroxyl groups excluding tert-OH is 1. The number of benzene rings is 1. The zero-order chi connectivity index (χ0) is 12.5. The third kappa shape index (κ3) is 2.36. The van der Waals surface area contributed by atoms with Gasteiger partial charge in [-0.3, -0.25) is 0 Å². The lowest BCUT2D eigenvalue weighted by Gasteiger charge is -2.30. The molecule has 0 aliphatic heterocycles. The smallest absolute Gasteiger partial charge is 0.141 e. The molecule has 4 N–H and O–H groups in total. The van der Waals surface area contributed by atoms with E-state index in [2.05, 4.69) is 15.9 Å². The van der Waals surface area contributed by atoms with Gasteiger partial charge in [0, 0.05) is 23.6 Å². The Morgan fingerprint density at radius 3 is 2.56 bits per heavy atom. The van der Waals surface area contributed by atoms with Crippen LogP contribution in [0.3, 0.4) is 0 Å². The van der Waals surface area contributed by atoms with Crippen LogP contribution < -0.4 is 5.73 Å². The van der Waals surface area contributed by atoms with E-state index in [0.717, 1.165) is 0 Å². The topological polar surface area (TPSA) is 66.5 Å². The van der Waals surface area contributed by atoms with Crippen molar-refractivity contribution in [3.63, 3.8) is 0 Å². The first-order valence-electron chi connectivity index (χ1n) is 4.84. The molecule has 1 aromatic rings. The lowest BCUT2D eigenvalue weighted by molar-refractivity contribution is 0.131. The Morgan fingerprint density at radius 1 is 1.50 bits per heavy atom. The van der Waals surface area contributed by atoms with Gasteiger partial charge in [-0.1, -0.05) is 19.9 Å². The fraction of sp³-hybridized carbons (Fsp3) is 0.455. The van der Waals surface area contributed by atoms with Gasteiger partial charge in [0.2, 0.25) is 0 Å². The molecule has 0 aliphatic rings. The largest absolute Gasteiger partial charge is 0.506 e. The van der Waals surface area contributed by atoms with Crippen LogP contribution in [0, 0.1) is 11.2 Å². The summed E-state index contributed by atoms with van der Waals surface area (Å²) in [6.45, 7) is 3.42. The van der Waals surface area contributed by atoms with E-state index < -0.39 is 17.3 Å². The highest BCUT2D eigenvalue weighted by atomic mass is 79.9. The molecule has 1 aromatic carbocycles. The lowest BCUT2D eigenvalue weighted by atomic mass is 9.81. The molecule has 16 heavy (non-hydrogen) atoms. The predicted octanol–water partition coefficient (Wildman–Crippen LogP) is 2.31. The molecule has 0 saturated heterocycles. The van der Waals surface area contributed by atoms with Crippen LogP contribution in [0.4, 0.5) is 4.39 Å². The van der Waals surface area contributed by atoms with Crippen molar-refractivity contribution >= 4 is 15.9 Å². The number of halogens is 2. The zero-order valence-corrected chi connectivity index (χ0v) is 10.8. The van der Waals surface area contributed by atoms with Gasteiger partial charge in [0.05, 0.1) is 4.47 Å². The second-order valence-electron chi connectivity index (χ2n) is 4.42. The number of phenolic OH excluding ortho intramolecular Hbond substituents is 1. The van der Waals surface area contributed by atoms with E-state index in [1.54, 1.807) is 13.8 Å². The van der Waals surface area contributed by atoms with Crippen molar-refractivity contribution in [2.24, 2.45) is 11.1 Å². The zero-order valence-electron chi connectivity index (χ0n) is 9.17. The maximum Gasteiger partial charge on any atom is 0.141 e. The average molecular weight is 292 g/mol. The minimum absolute atomic E-state index is 0.00538. The molecule has 0 radical (unpaired) electrons. The minimum Gasteiger partial charge on any atom is -0.506 e. The van der Waals surface area contributed by atoms with Crippen LogP contribution in [0.2, 0.25) is 0 Å². The van der Waals surface area contributed by atoms with Crippen molar-refractivity contribution in [2.75, 3.05) is 6.61 Å². The molecule has 90 valence electrons. The van der Waals surface area contributed by atoms with E-state index in [-0.39, 0.29) is 16.8 Å². The fourth-order valence-electron chi connectivity index (χ4n) is 1.33. The molecule has 1 rings (SSSR count). The van der Waals surface area contributed by atoms with E-state index in [1.165, 1.54) is 12.1 Å². The summed E-state index contributed by atoms with van der Waals surface area (Å²) in [5, 5.41) is 19.0. The second-order valence-corrected chi connectivity index (χ2v) is 5.22. The Labute approximate surface area is 102 Å². The van der Waals surface area contributed by atoms with Gasteiger partial charge in [0.1, 0.15) is 11.6 Å². The molecular formula is C11H15BrFNO2. The monoisotopic (exact) mass is 291 g/mol. The molecule has 3 nitrogen and oxygen atoms in total. The SMILES string of the molecule is CC(C)(CO)[C@H](N)c1ccc(F)c(Br)c1O. The van der Waals surface area contributed by atoms with E-state index in [4.69, 9.17) is 5.73 Å². The van der Waals surface area contributed by atoms with Crippen LogP contribution in [-0.2, 0) is 0 Å². The van der Waals surface area contributed by atoms with E-state index in [0.29, 0.717) is 5.56 Å². The second kappa shape index (κ2) is 4.69. The molecule has 5 heteroatoms. The molecule has 0 aromatic heterocycles. The van der Waals surface area contributed by atoms with Gasteiger partial charge >= 0.3 is 0 Å². The molecule has 0 heterocycles. The summed E-state index contributed by atoms with van der Waals surface area (Å²) in [6, 6.07) is 2.08. The lowest BCUT2D eigenvalue weighted by Crippen LogP contribution is -2.32. The molecule has 0 spiro atoms. The fourth-order valence-corrected chi connectivity index (χ4v) is 1.69. The summed E-state index contributed by atoms with van der Waals surface area (Å²) < 4.78 is 13.1. The average Bonchev–Trinajstić information content (AvgIpc) is 2.25.